The third kappa shape index (κ3) is 8.37. The number of amides is 2. The quantitative estimate of drug-likeness (QED) is 0.224. The molecule has 1 unspecified atom stereocenters. The van der Waals surface area contributed by atoms with Gasteiger partial charge in [0.25, 0.3) is 10.0 Å². The molecule has 0 spiro atoms. The van der Waals surface area contributed by atoms with Crippen molar-refractivity contribution in [1.82, 2.24) is 10.2 Å². The minimum absolute atomic E-state index is 0.00514. The first-order valence-corrected chi connectivity index (χ1v) is 17.0. The highest BCUT2D eigenvalue weighted by atomic mass is 35.5. The Bertz CT molecular complexity index is 1550. The third-order valence-electron chi connectivity index (χ3n) is 7.46. The largest absolute Gasteiger partial charge is 0.352 e. The van der Waals surface area contributed by atoms with Crippen LogP contribution in [0.1, 0.15) is 51.0 Å². The zero-order chi connectivity index (χ0) is 31.1. The van der Waals surface area contributed by atoms with E-state index in [4.69, 9.17) is 46.4 Å². The molecule has 2 amide bonds. The second-order valence-electron chi connectivity index (χ2n) is 10.5. The van der Waals surface area contributed by atoms with E-state index in [9.17, 15) is 18.0 Å². The molecule has 1 aliphatic carbocycles. The van der Waals surface area contributed by atoms with E-state index in [2.05, 4.69) is 5.32 Å². The van der Waals surface area contributed by atoms with Crippen molar-refractivity contribution >= 4 is 73.9 Å². The van der Waals surface area contributed by atoms with Crippen LogP contribution in [0.2, 0.25) is 20.1 Å². The van der Waals surface area contributed by atoms with Crippen molar-refractivity contribution in [1.29, 1.82) is 0 Å². The predicted octanol–water partition coefficient (Wildman–Crippen LogP) is 7.75. The predicted molar refractivity (Wildman–Crippen MR) is 174 cm³/mol. The van der Waals surface area contributed by atoms with Crippen molar-refractivity contribution in [2.24, 2.45) is 0 Å². The molecule has 1 fully saturated rings. The van der Waals surface area contributed by atoms with Crippen molar-refractivity contribution in [2.45, 2.75) is 69.0 Å². The maximum atomic E-state index is 14.3. The van der Waals surface area contributed by atoms with Crippen LogP contribution < -0.4 is 9.62 Å². The minimum atomic E-state index is -4.28. The normalized spacial score (nSPS) is 14.6. The average Bonchev–Trinajstić information content (AvgIpc) is 2.99. The molecule has 0 saturated heterocycles. The lowest BCUT2D eigenvalue weighted by Gasteiger charge is -2.34. The van der Waals surface area contributed by atoms with Gasteiger partial charge in [0.05, 0.1) is 25.7 Å². The Morgan fingerprint density at radius 1 is 0.884 bits per heavy atom. The van der Waals surface area contributed by atoms with Crippen molar-refractivity contribution in [3.63, 3.8) is 0 Å². The van der Waals surface area contributed by atoms with Gasteiger partial charge >= 0.3 is 0 Å². The van der Waals surface area contributed by atoms with E-state index in [0.717, 1.165) is 36.4 Å². The van der Waals surface area contributed by atoms with Gasteiger partial charge in [0.1, 0.15) is 12.6 Å². The van der Waals surface area contributed by atoms with E-state index in [1.165, 1.54) is 35.2 Å². The summed E-state index contributed by atoms with van der Waals surface area (Å²) < 4.78 is 28.9. The van der Waals surface area contributed by atoms with Crippen molar-refractivity contribution in [3.8, 4) is 0 Å². The van der Waals surface area contributed by atoms with E-state index < -0.39 is 28.5 Å². The molecule has 0 aromatic heterocycles. The third-order valence-corrected chi connectivity index (χ3v) is 10.5. The van der Waals surface area contributed by atoms with Gasteiger partial charge in [0, 0.05) is 17.6 Å². The van der Waals surface area contributed by atoms with E-state index in [-0.39, 0.29) is 39.1 Å². The van der Waals surface area contributed by atoms with Crippen LogP contribution in [0, 0.1) is 0 Å². The van der Waals surface area contributed by atoms with Crippen molar-refractivity contribution < 1.29 is 18.0 Å². The summed E-state index contributed by atoms with van der Waals surface area (Å²) in [4.78, 5) is 29.3. The van der Waals surface area contributed by atoms with Crippen LogP contribution in [0.15, 0.2) is 71.6 Å². The van der Waals surface area contributed by atoms with Crippen molar-refractivity contribution in [2.75, 3.05) is 10.8 Å². The lowest BCUT2D eigenvalue weighted by molar-refractivity contribution is -0.140. The van der Waals surface area contributed by atoms with Gasteiger partial charge in [-0.2, -0.15) is 0 Å². The number of hydrogen-bond acceptors (Lipinski definition) is 4. The molecular formula is C31H33Cl4N3O4S. The molecule has 0 bridgehead atoms. The van der Waals surface area contributed by atoms with Crippen molar-refractivity contribution in [3.05, 3.63) is 92.4 Å². The molecule has 12 heteroatoms. The Kier molecular flexibility index (Phi) is 11.6. The summed E-state index contributed by atoms with van der Waals surface area (Å²) in [7, 11) is -4.28. The summed E-state index contributed by atoms with van der Waals surface area (Å²) in [6.07, 6.45) is 5.23. The first-order valence-electron chi connectivity index (χ1n) is 14.1. The molecular weight excluding hydrogens is 652 g/mol. The van der Waals surface area contributed by atoms with Gasteiger partial charge in [0.2, 0.25) is 11.8 Å². The monoisotopic (exact) mass is 683 g/mol. The molecule has 3 aromatic rings. The fourth-order valence-corrected chi connectivity index (χ4v) is 7.41. The summed E-state index contributed by atoms with van der Waals surface area (Å²) in [6, 6.07) is 16.2. The zero-order valence-electron chi connectivity index (χ0n) is 23.6. The summed E-state index contributed by atoms with van der Waals surface area (Å²) in [5.74, 6) is -0.895. The molecule has 1 aliphatic rings. The number of rotatable bonds is 11. The van der Waals surface area contributed by atoms with Crippen LogP contribution in [0.3, 0.4) is 0 Å². The minimum Gasteiger partial charge on any atom is -0.352 e. The van der Waals surface area contributed by atoms with Gasteiger partial charge < -0.3 is 10.2 Å². The number of halogens is 4. The van der Waals surface area contributed by atoms with Gasteiger partial charge in [-0.05, 0) is 67.3 Å². The number of carbonyl (C=O) groups is 2. The fourth-order valence-electron chi connectivity index (χ4n) is 5.21. The maximum Gasteiger partial charge on any atom is 0.264 e. The first kappa shape index (κ1) is 33.4. The number of benzene rings is 3. The van der Waals surface area contributed by atoms with Crippen LogP contribution in [0.5, 0.6) is 0 Å². The van der Waals surface area contributed by atoms with Crippen LogP contribution in [0.4, 0.5) is 5.69 Å². The maximum absolute atomic E-state index is 14.3. The zero-order valence-corrected chi connectivity index (χ0v) is 27.5. The summed E-state index contributed by atoms with van der Waals surface area (Å²) in [5.41, 5.74) is 0.672. The van der Waals surface area contributed by atoms with Gasteiger partial charge in [-0.3, -0.25) is 13.9 Å². The highest BCUT2D eigenvalue weighted by molar-refractivity contribution is 7.92. The first-order chi connectivity index (χ1) is 20.5. The molecule has 230 valence electrons. The lowest BCUT2D eigenvalue weighted by Crippen LogP contribution is -2.54. The van der Waals surface area contributed by atoms with E-state index in [1.54, 1.807) is 36.4 Å². The van der Waals surface area contributed by atoms with Gasteiger partial charge in [-0.1, -0.05) is 96.9 Å². The second kappa shape index (κ2) is 15.0. The van der Waals surface area contributed by atoms with Crippen LogP contribution in [-0.4, -0.2) is 43.8 Å². The van der Waals surface area contributed by atoms with E-state index in [1.807, 2.05) is 6.92 Å². The Hall–Kier alpha value is -2.49. The Morgan fingerprint density at radius 2 is 1.56 bits per heavy atom. The Balaban J connectivity index is 1.74. The molecule has 3 aromatic carbocycles. The number of carbonyl (C=O) groups excluding carboxylic acids is 2. The number of nitrogens with zero attached hydrogens (tertiary/aromatic N) is 2. The Labute approximate surface area is 273 Å². The number of sulfonamides is 1. The highest BCUT2D eigenvalue weighted by Gasteiger charge is 2.35. The topological polar surface area (TPSA) is 86.8 Å². The summed E-state index contributed by atoms with van der Waals surface area (Å²) in [5, 5.41) is 4.10. The SMILES string of the molecule is CCC(C(=O)NC1CCCCC1)N(Cc1ccc(Cl)c(Cl)c1)C(=O)CN(c1cc(Cl)ccc1Cl)S(=O)(=O)c1ccccc1. The van der Waals surface area contributed by atoms with Crippen LogP contribution >= 0.6 is 46.4 Å². The highest BCUT2D eigenvalue weighted by Crippen LogP contribution is 2.33. The summed E-state index contributed by atoms with van der Waals surface area (Å²) >= 11 is 25.1. The van der Waals surface area contributed by atoms with Crippen LogP contribution in [0.25, 0.3) is 0 Å². The summed E-state index contributed by atoms with van der Waals surface area (Å²) in [6.45, 7) is 1.17. The van der Waals surface area contributed by atoms with E-state index >= 15 is 0 Å². The number of hydrogen-bond donors (Lipinski definition) is 1. The van der Waals surface area contributed by atoms with Gasteiger partial charge in [0.15, 0.2) is 0 Å². The molecule has 0 heterocycles. The molecule has 4 rings (SSSR count). The molecule has 1 saturated carbocycles. The van der Waals surface area contributed by atoms with E-state index in [0.29, 0.717) is 22.0 Å². The molecule has 7 nitrogen and oxygen atoms in total. The van der Waals surface area contributed by atoms with Gasteiger partial charge in [-0.15, -0.1) is 0 Å². The molecule has 1 atom stereocenters. The molecule has 1 N–H and O–H groups in total. The van der Waals surface area contributed by atoms with Gasteiger partial charge in [-0.25, -0.2) is 8.42 Å². The standard InChI is InChI=1S/C31H33Cl4N3O4S/c1-2-28(31(40)36-23-9-5-3-6-10-23)37(19-21-13-15-25(33)27(35)17-21)30(39)20-38(29-18-22(32)14-16-26(29)34)43(41,42)24-11-7-4-8-12-24/h4,7-8,11-18,23,28H,2-3,5-6,9-10,19-20H2,1H3,(H,36,40). The average molecular weight is 686 g/mol. The fraction of sp³-hybridized carbons (Fsp3) is 0.355. The molecule has 0 radical (unpaired) electrons. The van der Waals surface area contributed by atoms with Crippen LogP contribution in [-0.2, 0) is 26.2 Å². The lowest BCUT2D eigenvalue weighted by atomic mass is 9.95. The smallest absolute Gasteiger partial charge is 0.264 e. The molecule has 43 heavy (non-hydrogen) atoms. The molecule has 0 aliphatic heterocycles. The second-order valence-corrected chi connectivity index (χ2v) is 14.0. The number of anilines is 1. The Morgan fingerprint density at radius 3 is 2.21 bits per heavy atom. The number of nitrogens with one attached hydrogen (secondary N) is 1.